The predicted octanol–water partition coefficient (Wildman–Crippen LogP) is 3.40. The van der Waals surface area contributed by atoms with Crippen LogP contribution in [-0.4, -0.2) is 19.1 Å². The number of nitrogens with one attached hydrogen (secondary N) is 2. The van der Waals surface area contributed by atoms with E-state index in [0.717, 1.165) is 13.1 Å². The van der Waals surface area contributed by atoms with E-state index in [0.29, 0.717) is 11.5 Å². The number of anilines is 1. The van der Waals surface area contributed by atoms with E-state index in [2.05, 4.69) is 72.2 Å². The molecular formula is C14H21IN2. The van der Waals surface area contributed by atoms with Crippen molar-refractivity contribution in [3.8, 4) is 0 Å². The second-order valence-electron chi connectivity index (χ2n) is 5.61. The van der Waals surface area contributed by atoms with Crippen LogP contribution in [0.4, 0.5) is 5.69 Å². The standard InChI is InChI=1S/C14H21IN2/c1-10-4-5-11(15)8-12(10)17-13-6-7-16-9-14(13,2)3/h4-5,8,13,16-17H,6-7,9H2,1-3H3. The van der Waals surface area contributed by atoms with Crippen LogP contribution in [0.25, 0.3) is 0 Å². The minimum atomic E-state index is 0.311. The number of rotatable bonds is 2. The largest absolute Gasteiger partial charge is 0.381 e. The second-order valence-corrected chi connectivity index (χ2v) is 6.86. The molecule has 2 nitrogen and oxygen atoms in total. The molecule has 1 heterocycles. The van der Waals surface area contributed by atoms with Crippen LogP contribution in [0.15, 0.2) is 18.2 Å². The molecule has 1 unspecified atom stereocenters. The van der Waals surface area contributed by atoms with Crippen LogP contribution in [0.5, 0.6) is 0 Å². The Morgan fingerprint density at radius 2 is 2.18 bits per heavy atom. The maximum absolute atomic E-state index is 3.74. The summed E-state index contributed by atoms with van der Waals surface area (Å²) < 4.78 is 1.29. The molecule has 1 fully saturated rings. The zero-order chi connectivity index (χ0) is 12.5. The lowest BCUT2D eigenvalue weighted by Gasteiger charge is -2.40. The highest BCUT2D eigenvalue weighted by Gasteiger charge is 2.32. The first-order valence-electron chi connectivity index (χ1n) is 6.22. The van der Waals surface area contributed by atoms with E-state index in [1.165, 1.54) is 21.2 Å². The molecule has 17 heavy (non-hydrogen) atoms. The third-order valence-electron chi connectivity index (χ3n) is 3.66. The highest BCUT2D eigenvalue weighted by molar-refractivity contribution is 14.1. The van der Waals surface area contributed by atoms with Crippen molar-refractivity contribution in [2.24, 2.45) is 5.41 Å². The number of benzene rings is 1. The Morgan fingerprint density at radius 1 is 1.41 bits per heavy atom. The fourth-order valence-electron chi connectivity index (χ4n) is 2.38. The number of aryl methyl sites for hydroxylation is 1. The van der Waals surface area contributed by atoms with E-state index in [4.69, 9.17) is 0 Å². The topological polar surface area (TPSA) is 24.1 Å². The molecule has 0 radical (unpaired) electrons. The Labute approximate surface area is 118 Å². The summed E-state index contributed by atoms with van der Waals surface area (Å²) in [6.07, 6.45) is 1.19. The maximum Gasteiger partial charge on any atom is 0.0382 e. The van der Waals surface area contributed by atoms with Gasteiger partial charge in [-0.25, -0.2) is 0 Å². The first-order valence-corrected chi connectivity index (χ1v) is 7.30. The third kappa shape index (κ3) is 3.13. The minimum absolute atomic E-state index is 0.311. The summed E-state index contributed by atoms with van der Waals surface area (Å²) in [6, 6.07) is 7.15. The van der Waals surface area contributed by atoms with Crippen molar-refractivity contribution < 1.29 is 0 Å². The fourth-order valence-corrected chi connectivity index (χ4v) is 2.87. The predicted molar refractivity (Wildman–Crippen MR) is 82.6 cm³/mol. The van der Waals surface area contributed by atoms with Crippen LogP contribution in [0.3, 0.4) is 0 Å². The van der Waals surface area contributed by atoms with Crippen LogP contribution < -0.4 is 10.6 Å². The average Bonchev–Trinajstić information content (AvgIpc) is 2.26. The normalized spacial score (nSPS) is 23.4. The van der Waals surface area contributed by atoms with Gasteiger partial charge in [0, 0.05) is 21.8 Å². The average molecular weight is 344 g/mol. The van der Waals surface area contributed by atoms with Crippen molar-refractivity contribution in [3.63, 3.8) is 0 Å². The Hall–Kier alpha value is -0.290. The number of piperidine rings is 1. The molecule has 0 aromatic heterocycles. The molecule has 0 saturated carbocycles. The Morgan fingerprint density at radius 3 is 2.88 bits per heavy atom. The van der Waals surface area contributed by atoms with Gasteiger partial charge in [0.1, 0.15) is 0 Å². The molecule has 2 N–H and O–H groups in total. The minimum Gasteiger partial charge on any atom is -0.381 e. The van der Waals surface area contributed by atoms with Gasteiger partial charge in [-0.05, 0) is 65.6 Å². The summed E-state index contributed by atoms with van der Waals surface area (Å²) in [5.74, 6) is 0. The smallest absolute Gasteiger partial charge is 0.0382 e. The van der Waals surface area contributed by atoms with Gasteiger partial charge in [0.25, 0.3) is 0 Å². The zero-order valence-electron chi connectivity index (χ0n) is 10.8. The van der Waals surface area contributed by atoms with Gasteiger partial charge in [-0.2, -0.15) is 0 Å². The second kappa shape index (κ2) is 5.14. The van der Waals surface area contributed by atoms with E-state index in [9.17, 15) is 0 Å². The quantitative estimate of drug-likeness (QED) is 0.804. The molecule has 1 atom stereocenters. The Kier molecular flexibility index (Phi) is 3.98. The highest BCUT2D eigenvalue weighted by atomic mass is 127. The molecule has 1 aliphatic rings. The molecule has 1 aromatic rings. The van der Waals surface area contributed by atoms with Crippen molar-refractivity contribution >= 4 is 28.3 Å². The van der Waals surface area contributed by atoms with Gasteiger partial charge in [0.05, 0.1) is 0 Å². The molecule has 0 bridgehead atoms. The molecule has 0 spiro atoms. The maximum atomic E-state index is 3.74. The third-order valence-corrected chi connectivity index (χ3v) is 4.33. The summed E-state index contributed by atoms with van der Waals surface area (Å²) in [5, 5.41) is 7.21. The number of halogens is 1. The van der Waals surface area contributed by atoms with Crippen molar-refractivity contribution in [1.29, 1.82) is 0 Å². The molecule has 0 aliphatic carbocycles. The van der Waals surface area contributed by atoms with Crippen molar-refractivity contribution in [1.82, 2.24) is 5.32 Å². The highest BCUT2D eigenvalue weighted by Crippen LogP contribution is 2.29. The van der Waals surface area contributed by atoms with Crippen LogP contribution in [0.1, 0.15) is 25.8 Å². The molecule has 0 amide bonds. The van der Waals surface area contributed by atoms with E-state index in [1.54, 1.807) is 0 Å². The molecule has 1 saturated heterocycles. The molecular weight excluding hydrogens is 323 g/mol. The van der Waals surface area contributed by atoms with E-state index in [-0.39, 0.29) is 0 Å². The van der Waals surface area contributed by atoms with Gasteiger partial charge >= 0.3 is 0 Å². The van der Waals surface area contributed by atoms with Gasteiger partial charge in [0.15, 0.2) is 0 Å². The zero-order valence-corrected chi connectivity index (χ0v) is 13.0. The van der Waals surface area contributed by atoms with Gasteiger partial charge in [-0.15, -0.1) is 0 Å². The fraction of sp³-hybridized carbons (Fsp3) is 0.571. The van der Waals surface area contributed by atoms with E-state index in [1.807, 2.05) is 0 Å². The SMILES string of the molecule is Cc1ccc(I)cc1NC1CCNCC1(C)C. The van der Waals surface area contributed by atoms with Crippen LogP contribution in [0.2, 0.25) is 0 Å². The summed E-state index contributed by atoms with van der Waals surface area (Å²) >= 11 is 2.37. The van der Waals surface area contributed by atoms with Crippen molar-refractivity contribution in [2.75, 3.05) is 18.4 Å². The van der Waals surface area contributed by atoms with Gasteiger partial charge in [-0.3, -0.25) is 0 Å². The van der Waals surface area contributed by atoms with E-state index < -0.39 is 0 Å². The van der Waals surface area contributed by atoms with Crippen LogP contribution >= 0.6 is 22.6 Å². The first-order chi connectivity index (χ1) is 7.99. The van der Waals surface area contributed by atoms with Gasteiger partial charge in [-0.1, -0.05) is 19.9 Å². The Balaban J connectivity index is 2.16. The molecule has 94 valence electrons. The Bertz CT molecular complexity index is 401. The lowest BCUT2D eigenvalue weighted by Crippen LogP contribution is -2.49. The first kappa shape index (κ1) is 13.1. The van der Waals surface area contributed by atoms with Crippen LogP contribution in [-0.2, 0) is 0 Å². The number of hydrogen-bond donors (Lipinski definition) is 2. The van der Waals surface area contributed by atoms with Gasteiger partial charge in [0.2, 0.25) is 0 Å². The summed E-state index contributed by atoms with van der Waals surface area (Å²) in [5.41, 5.74) is 2.93. The number of hydrogen-bond acceptors (Lipinski definition) is 2. The lowest BCUT2D eigenvalue weighted by atomic mass is 9.80. The van der Waals surface area contributed by atoms with E-state index >= 15 is 0 Å². The lowest BCUT2D eigenvalue weighted by molar-refractivity contribution is 0.236. The monoisotopic (exact) mass is 344 g/mol. The van der Waals surface area contributed by atoms with Crippen molar-refractivity contribution in [2.45, 2.75) is 33.2 Å². The summed E-state index contributed by atoms with van der Waals surface area (Å²) in [7, 11) is 0. The molecule has 2 rings (SSSR count). The molecule has 3 heteroatoms. The molecule has 1 aromatic carbocycles. The van der Waals surface area contributed by atoms with Crippen molar-refractivity contribution in [3.05, 3.63) is 27.3 Å². The van der Waals surface area contributed by atoms with Gasteiger partial charge < -0.3 is 10.6 Å². The summed E-state index contributed by atoms with van der Waals surface area (Å²) in [4.78, 5) is 0. The molecule has 1 aliphatic heterocycles. The van der Waals surface area contributed by atoms with Crippen LogP contribution in [0, 0.1) is 15.9 Å². The summed E-state index contributed by atoms with van der Waals surface area (Å²) in [6.45, 7) is 9.05.